The zero-order valence-electron chi connectivity index (χ0n) is 9.14. The fourth-order valence-electron chi connectivity index (χ4n) is 1.38. The van der Waals surface area contributed by atoms with Crippen LogP contribution < -0.4 is 5.73 Å². The van der Waals surface area contributed by atoms with Crippen molar-refractivity contribution in [3.63, 3.8) is 0 Å². The highest BCUT2D eigenvalue weighted by Gasteiger charge is 2.27. The van der Waals surface area contributed by atoms with E-state index in [1.54, 1.807) is 10.7 Å². The number of aromatic nitrogens is 2. The van der Waals surface area contributed by atoms with Gasteiger partial charge in [-0.25, -0.2) is 0 Å². The van der Waals surface area contributed by atoms with E-state index in [0.29, 0.717) is 25.1 Å². The summed E-state index contributed by atoms with van der Waals surface area (Å²) >= 11 is 0. The van der Waals surface area contributed by atoms with Crippen molar-refractivity contribution in [2.24, 2.45) is 0 Å². The van der Waals surface area contributed by atoms with E-state index >= 15 is 0 Å². The van der Waals surface area contributed by atoms with Gasteiger partial charge in [-0.1, -0.05) is 0 Å². The Labute approximate surface area is 89.2 Å². The van der Waals surface area contributed by atoms with Crippen LogP contribution in [0.2, 0.25) is 0 Å². The molecule has 2 rings (SSSR count). The molecule has 1 fully saturated rings. The highest BCUT2D eigenvalue weighted by molar-refractivity contribution is 5.23. The smallest absolute Gasteiger partial charge is 0.145 e. The molecular formula is C10H17N3O2. The molecule has 1 aliphatic heterocycles. The van der Waals surface area contributed by atoms with Gasteiger partial charge in [0.2, 0.25) is 0 Å². The quantitative estimate of drug-likeness (QED) is 0.726. The van der Waals surface area contributed by atoms with Crippen LogP contribution >= 0.6 is 0 Å². The lowest BCUT2D eigenvalue weighted by Crippen LogP contribution is -2.32. The predicted octanol–water partition coefficient (Wildman–Crippen LogP) is 0.659. The first kappa shape index (κ1) is 10.4. The molecule has 0 spiro atoms. The van der Waals surface area contributed by atoms with Crippen LogP contribution in [0, 0.1) is 0 Å². The van der Waals surface area contributed by atoms with E-state index in [1.165, 1.54) is 0 Å². The molecule has 0 bridgehead atoms. The van der Waals surface area contributed by atoms with Gasteiger partial charge in [0.25, 0.3) is 0 Å². The Hall–Kier alpha value is -1.07. The van der Waals surface area contributed by atoms with E-state index in [4.69, 9.17) is 15.2 Å². The van der Waals surface area contributed by atoms with E-state index < -0.39 is 0 Å². The normalized spacial score (nSPS) is 20.5. The highest BCUT2D eigenvalue weighted by Crippen LogP contribution is 2.17. The van der Waals surface area contributed by atoms with Crippen molar-refractivity contribution in [1.29, 1.82) is 0 Å². The third kappa shape index (κ3) is 3.21. The Morgan fingerprint density at radius 2 is 2.47 bits per heavy atom. The number of nitrogens with zero attached hydrogens (tertiary/aromatic N) is 2. The highest BCUT2D eigenvalue weighted by atomic mass is 16.6. The van der Waals surface area contributed by atoms with Crippen LogP contribution in [0.5, 0.6) is 0 Å². The molecule has 0 radical (unpaired) electrons. The molecule has 15 heavy (non-hydrogen) atoms. The molecule has 0 saturated carbocycles. The monoisotopic (exact) mass is 211 g/mol. The van der Waals surface area contributed by atoms with Crippen LogP contribution in [0.15, 0.2) is 12.3 Å². The molecule has 2 N–H and O–H groups in total. The van der Waals surface area contributed by atoms with Crippen molar-refractivity contribution in [3.8, 4) is 0 Å². The molecule has 84 valence electrons. The van der Waals surface area contributed by atoms with Crippen LogP contribution in [-0.4, -0.2) is 34.7 Å². The van der Waals surface area contributed by atoms with Crippen LogP contribution in [0.1, 0.15) is 13.8 Å². The van der Waals surface area contributed by atoms with Gasteiger partial charge in [0.15, 0.2) is 0 Å². The lowest BCUT2D eigenvalue weighted by Gasteiger charge is -2.24. The average molecular weight is 211 g/mol. The van der Waals surface area contributed by atoms with E-state index in [-0.39, 0.29) is 5.60 Å². The summed E-state index contributed by atoms with van der Waals surface area (Å²) in [5.74, 6) is 0.538. The van der Waals surface area contributed by atoms with E-state index in [1.807, 2.05) is 20.0 Å². The van der Waals surface area contributed by atoms with Crippen molar-refractivity contribution in [1.82, 2.24) is 9.78 Å². The molecule has 0 unspecified atom stereocenters. The minimum absolute atomic E-state index is 0.246. The number of nitrogens with two attached hydrogens (primary N) is 1. The van der Waals surface area contributed by atoms with Gasteiger partial charge in [-0.15, -0.1) is 0 Å². The van der Waals surface area contributed by atoms with E-state index in [9.17, 15) is 0 Å². The maximum atomic E-state index is 5.74. The van der Waals surface area contributed by atoms with Crippen LogP contribution in [0.25, 0.3) is 0 Å². The first-order valence-electron chi connectivity index (χ1n) is 5.10. The summed E-state index contributed by atoms with van der Waals surface area (Å²) < 4.78 is 12.6. The number of nitrogen functional groups attached to an aromatic ring is 1. The summed E-state index contributed by atoms with van der Waals surface area (Å²) in [5.41, 5.74) is 5.29. The summed E-state index contributed by atoms with van der Waals surface area (Å²) in [4.78, 5) is 0. The van der Waals surface area contributed by atoms with E-state index in [0.717, 1.165) is 6.61 Å². The molecule has 5 nitrogen and oxygen atoms in total. The van der Waals surface area contributed by atoms with Crippen molar-refractivity contribution in [2.75, 3.05) is 18.9 Å². The van der Waals surface area contributed by atoms with Crippen LogP contribution in [0.3, 0.4) is 0 Å². The molecule has 0 aromatic carbocycles. The zero-order chi connectivity index (χ0) is 10.9. The van der Waals surface area contributed by atoms with Crippen LogP contribution in [-0.2, 0) is 16.0 Å². The number of hydrogen-bond donors (Lipinski definition) is 1. The second kappa shape index (κ2) is 3.83. The Kier molecular flexibility index (Phi) is 2.67. The first-order valence-corrected chi connectivity index (χ1v) is 5.10. The maximum absolute atomic E-state index is 5.74. The van der Waals surface area contributed by atoms with Gasteiger partial charge < -0.3 is 15.2 Å². The molecule has 0 aliphatic carbocycles. The Morgan fingerprint density at radius 1 is 1.73 bits per heavy atom. The third-order valence-electron chi connectivity index (χ3n) is 2.27. The van der Waals surface area contributed by atoms with Gasteiger partial charge >= 0.3 is 0 Å². The van der Waals surface area contributed by atoms with Crippen LogP contribution in [0.4, 0.5) is 5.82 Å². The molecular weight excluding hydrogens is 194 g/mol. The van der Waals surface area contributed by atoms with Gasteiger partial charge in [-0.3, -0.25) is 4.68 Å². The van der Waals surface area contributed by atoms with E-state index in [2.05, 4.69) is 5.10 Å². The number of rotatable bonds is 5. The average Bonchev–Trinajstić information content (AvgIpc) is 2.88. The third-order valence-corrected chi connectivity index (χ3v) is 2.27. The zero-order valence-corrected chi connectivity index (χ0v) is 9.14. The molecule has 0 amide bonds. The van der Waals surface area contributed by atoms with Gasteiger partial charge in [0.1, 0.15) is 11.9 Å². The molecule has 1 saturated heterocycles. The van der Waals surface area contributed by atoms with Crippen molar-refractivity contribution >= 4 is 5.82 Å². The first-order chi connectivity index (χ1) is 7.05. The minimum Gasteiger partial charge on any atom is -0.382 e. The van der Waals surface area contributed by atoms with Crippen molar-refractivity contribution < 1.29 is 9.47 Å². The molecule has 5 heteroatoms. The summed E-state index contributed by atoms with van der Waals surface area (Å²) in [6.45, 7) is 6.24. The van der Waals surface area contributed by atoms with Gasteiger partial charge in [-0.05, 0) is 19.9 Å². The predicted molar refractivity (Wildman–Crippen MR) is 56.4 cm³/mol. The maximum Gasteiger partial charge on any atom is 0.145 e. The largest absolute Gasteiger partial charge is 0.382 e. The van der Waals surface area contributed by atoms with Gasteiger partial charge in [0.05, 0.1) is 25.4 Å². The number of ether oxygens (including phenoxy) is 2. The fourth-order valence-corrected chi connectivity index (χ4v) is 1.38. The number of hydrogen-bond acceptors (Lipinski definition) is 4. The van der Waals surface area contributed by atoms with Crippen molar-refractivity contribution in [3.05, 3.63) is 12.3 Å². The molecule has 1 aromatic rings. The second-order valence-corrected chi connectivity index (χ2v) is 4.46. The molecule has 1 aromatic heterocycles. The topological polar surface area (TPSA) is 65.6 Å². The Morgan fingerprint density at radius 3 is 3.00 bits per heavy atom. The summed E-state index contributed by atoms with van der Waals surface area (Å²) in [5, 5.41) is 4.12. The standard InChI is InChI=1S/C10H17N3O2/c1-10(2,15-6-8-5-14-8)7-13-4-3-9(11)12-13/h3-4,8H,5-7H2,1-2H3,(H2,11,12)/t8-/m0/s1. The second-order valence-electron chi connectivity index (χ2n) is 4.46. The number of anilines is 1. The minimum atomic E-state index is -0.246. The molecule has 1 atom stereocenters. The van der Waals surface area contributed by atoms with Crippen molar-refractivity contribution in [2.45, 2.75) is 32.1 Å². The lowest BCUT2D eigenvalue weighted by molar-refractivity contribution is -0.0377. The number of epoxide rings is 1. The van der Waals surface area contributed by atoms with Gasteiger partial charge in [-0.2, -0.15) is 5.10 Å². The summed E-state index contributed by atoms with van der Waals surface area (Å²) in [7, 11) is 0. The fraction of sp³-hybridized carbons (Fsp3) is 0.700. The SMILES string of the molecule is CC(C)(Cn1ccc(N)n1)OC[C@@H]1CO1. The summed E-state index contributed by atoms with van der Waals surface area (Å²) in [6, 6.07) is 1.78. The lowest BCUT2D eigenvalue weighted by atomic mass is 10.1. The summed E-state index contributed by atoms with van der Waals surface area (Å²) in [6.07, 6.45) is 2.15. The Bertz CT molecular complexity index is 331. The molecule has 2 heterocycles. The van der Waals surface area contributed by atoms with Gasteiger partial charge in [0, 0.05) is 6.20 Å². The molecule has 1 aliphatic rings. The Balaban J connectivity index is 1.84.